The molecule has 166 valence electrons. The molecule has 0 fully saturated rings. The molecule has 8 heteroatoms. The summed E-state index contributed by atoms with van der Waals surface area (Å²) in [5, 5.41) is 0. The van der Waals surface area contributed by atoms with E-state index in [0.717, 1.165) is 50.7 Å². The van der Waals surface area contributed by atoms with Gasteiger partial charge in [0.05, 0.1) is 0 Å². The van der Waals surface area contributed by atoms with Gasteiger partial charge in [-0.25, -0.2) is 0 Å². The molecule has 27 heavy (non-hydrogen) atoms. The third-order valence-electron chi connectivity index (χ3n) is 5.31. The van der Waals surface area contributed by atoms with Crippen LogP contribution in [0.1, 0.15) is 33.6 Å². The lowest BCUT2D eigenvalue weighted by Crippen LogP contribution is -2.39. The monoisotopic (exact) mass is 424 g/mol. The van der Waals surface area contributed by atoms with Gasteiger partial charge in [-0.1, -0.05) is 20.8 Å². The van der Waals surface area contributed by atoms with Crippen LogP contribution in [-0.2, 0) is 17.7 Å². The van der Waals surface area contributed by atoms with Crippen molar-refractivity contribution in [3.63, 3.8) is 0 Å². The van der Waals surface area contributed by atoms with E-state index in [-0.39, 0.29) is 0 Å². The van der Waals surface area contributed by atoms with Crippen LogP contribution in [0.2, 0.25) is 24.7 Å². The second-order valence-electron chi connectivity index (χ2n) is 7.25. The quantitative estimate of drug-likeness (QED) is 0.373. The van der Waals surface area contributed by atoms with Crippen LogP contribution < -0.4 is 0 Å². The van der Waals surface area contributed by atoms with E-state index >= 15 is 0 Å². The molecule has 0 heterocycles. The highest BCUT2D eigenvalue weighted by Gasteiger charge is 2.32. The van der Waals surface area contributed by atoms with Gasteiger partial charge in [-0.3, -0.25) is 0 Å². The lowest BCUT2D eigenvalue weighted by Gasteiger charge is -2.26. The van der Waals surface area contributed by atoms with Crippen molar-refractivity contribution in [2.24, 2.45) is 0 Å². The van der Waals surface area contributed by atoms with Crippen molar-refractivity contribution >= 4 is 17.1 Å². The molecular formula is C19H48N2O4Si2. The second kappa shape index (κ2) is 17.1. The van der Waals surface area contributed by atoms with Gasteiger partial charge in [-0.2, -0.15) is 0 Å². The van der Waals surface area contributed by atoms with E-state index in [1.807, 2.05) is 0 Å². The molecule has 0 unspecified atom stereocenters. The Morgan fingerprint density at radius 2 is 1.19 bits per heavy atom. The first kappa shape index (κ1) is 29.4. The molecule has 0 aliphatic heterocycles. The Bertz CT molecular complexity index is 317. The van der Waals surface area contributed by atoms with Gasteiger partial charge >= 0.3 is 17.1 Å². The summed E-state index contributed by atoms with van der Waals surface area (Å²) >= 11 is 0. The highest BCUT2D eigenvalue weighted by molar-refractivity contribution is 6.67. The number of hydrogen-bond donors (Lipinski definition) is 0. The molecule has 0 aromatic rings. The van der Waals surface area contributed by atoms with Gasteiger partial charge in [0.25, 0.3) is 0 Å². The van der Waals surface area contributed by atoms with Crippen molar-refractivity contribution in [1.82, 2.24) is 9.80 Å². The van der Waals surface area contributed by atoms with Crippen molar-refractivity contribution in [2.45, 2.75) is 58.3 Å². The second-order valence-corrected chi connectivity index (χ2v) is 14.7. The molecule has 0 atom stereocenters. The van der Waals surface area contributed by atoms with E-state index in [2.05, 4.69) is 51.2 Å². The summed E-state index contributed by atoms with van der Waals surface area (Å²) in [6.45, 7) is 13.2. The minimum atomic E-state index is -1.82. The molecule has 0 spiro atoms. The molecule has 0 saturated carbocycles. The van der Waals surface area contributed by atoms with E-state index in [1.54, 1.807) is 28.4 Å². The maximum atomic E-state index is 5.52. The van der Waals surface area contributed by atoms with Crippen LogP contribution in [0.4, 0.5) is 0 Å². The van der Waals surface area contributed by atoms with Crippen molar-refractivity contribution in [3.8, 4) is 0 Å². The van der Waals surface area contributed by atoms with Gasteiger partial charge in [0, 0.05) is 28.4 Å². The van der Waals surface area contributed by atoms with E-state index in [4.69, 9.17) is 17.7 Å². The van der Waals surface area contributed by atoms with Gasteiger partial charge < -0.3 is 27.5 Å². The smallest absolute Gasteiger partial charge is 0.337 e. The van der Waals surface area contributed by atoms with Gasteiger partial charge in [-0.15, -0.1) is 0 Å². The van der Waals surface area contributed by atoms with Crippen LogP contribution in [0, 0.1) is 0 Å². The first-order valence-electron chi connectivity index (χ1n) is 10.3. The molecule has 0 aromatic heterocycles. The highest BCUT2D eigenvalue weighted by Crippen LogP contribution is 2.18. The lowest BCUT2D eigenvalue weighted by atomic mass is 10.4. The Balaban J connectivity index is 0. The Morgan fingerprint density at radius 1 is 0.704 bits per heavy atom. The van der Waals surface area contributed by atoms with Crippen LogP contribution in [0.3, 0.4) is 0 Å². The molecule has 0 amide bonds. The van der Waals surface area contributed by atoms with Crippen molar-refractivity contribution in [1.29, 1.82) is 0 Å². The van der Waals surface area contributed by atoms with Crippen LogP contribution >= 0.6 is 0 Å². The lowest BCUT2D eigenvalue weighted by molar-refractivity contribution is 0.239. The van der Waals surface area contributed by atoms with Gasteiger partial charge in [0.2, 0.25) is 0 Å². The summed E-state index contributed by atoms with van der Waals surface area (Å²) in [6, 6.07) is 3.21. The number of hydrogen-bond acceptors (Lipinski definition) is 6. The van der Waals surface area contributed by atoms with E-state index in [9.17, 15) is 0 Å². The molecule has 0 aliphatic carbocycles. The zero-order valence-electron chi connectivity index (χ0n) is 19.9. The molecule has 0 aliphatic rings. The molecule has 0 rings (SSSR count). The molecule has 6 nitrogen and oxygen atoms in total. The van der Waals surface area contributed by atoms with E-state index in [1.165, 1.54) is 6.42 Å². The van der Waals surface area contributed by atoms with Crippen molar-refractivity contribution in [2.75, 3.05) is 68.7 Å². The minimum absolute atomic E-state index is 1.04. The predicted molar refractivity (Wildman–Crippen MR) is 121 cm³/mol. The van der Waals surface area contributed by atoms with Gasteiger partial charge in [0.1, 0.15) is 0 Å². The summed E-state index contributed by atoms with van der Waals surface area (Å²) in [4.78, 5) is 4.63. The summed E-state index contributed by atoms with van der Waals surface area (Å²) < 4.78 is 21.9. The fourth-order valence-corrected chi connectivity index (χ4v) is 6.45. The number of nitrogens with zero attached hydrogens (tertiary/aromatic N) is 2. The summed E-state index contributed by atoms with van der Waals surface area (Å²) in [6.07, 6.45) is 2.33. The maximum Gasteiger partial charge on any atom is 0.337 e. The van der Waals surface area contributed by atoms with Crippen LogP contribution in [0.15, 0.2) is 0 Å². The van der Waals surface area contributed by atoms with Gasteiger partial charge in [0.15, 0.2) is 0 Å². The van der Waals surface area contributed by atoms with Crippen LogP contribution in [0.25, 0.3) is 0 Å². The normalized spacial score (nSPS) is 12.4. The predicted octanol–water partition coefficient (Wildman–Crippen LogP) is 3.78. The first-order valence-corrected chi connectivity index (χ1v) is 15.0. The van der Waals surface area contributed by atoms with Crippen LogP contribution in [0.5, 0.6) is 0 Å². The molecule has 0 aromatic carbocycles. The first-order chi connectivity index (χ1) is 12.7. The standard InChI is InChI=1S/C10H25NO2Si.C9H23NO2Si/c1-6-11(7-2)9-8-10-14(5,12-3)13-4;1-6-13(11-4,12-5)9-7-8-10(2)3/h6-10H2,1-5H3;6-9H2,1-5H3. The Morgan fingerprint density at radius 3 is 1.52 bits per heavy atom. The summed E-state index contributed by atoms with van der Waals surface area (Å²) in [7, 11) is 7.62. The fourth-order valence-electron chi connectivity index (χ4n) is 2.87. The SMILES string of the molecule is CCN(CC)CCC[Si](C)(OC)OC.CC[Si](CCCN(C)C)(OC)OC. The fraction of sp³-hybridized carbons (Fsp3) is 1.00. The van der Waals surface area contributed by atoms with Crippen molar-refractivity contribution < 1.29 is 17.7 Å². The molecule has 0 radical (unpaired) electrons. The van der Waals surface area contributed by atoms with Crippen molar-refractivity contribution in [3.05, 3.63) is 0 Å². The third kappa shape index (κ3) is 13.9. The van der Waals surface area contributed by atoms with Gasteiger partial charge in [-0.05, 0) is 77.8 Å². The molecule has 0 saturated heterocycles. The Hall–Kier alpha value is 0.194. The average Bonchev–Trinajstić information content (AvgIpc) is 2.69. The minimum Gasteiger partial charge on any atom is -0.398 e. The van der Waals surface area contributed by atoms with Crippen LogP contribution in [-0.4, -0.2) is 95.6 Å². The topological polar surface area (TPSA) is 43.4 Å². The summed E-state index contributed by atoms with van der Waals surface area (Å²) in [5.41, 5.74) is 0. The molecule has 0 bridgehead atoms. The largest absolute Gasteiger partial charge is 0.398 e. The van der Waals surface area contributed by atoms with E-state index < -0.39 is 17.1 Å². The summed E-state index contributed by atoms with van der Waals surface area (Å²) in [5.74, 6) is 0. The van der Waals surface area contributed by atoms with E-state index in [0.29, 0.717) is 0 Å². The molecular weight excluding hydrogens is 376 g/mol. The third-order valence-corrected chi connectivity index (χ3v) is 12.0. The maximum absolute atomic E-state index is 5.52. The Labute approximate surface area is 172 Å². The zero-order chi connectivity index (χ0) is 21.3. The number of rotatable bonds is 15. The zero-order valence-corrected chi connectivity index (χ0v) is 21.9. The molecule has 0 N–H and O–H groups in total. The average molecular weight is 425 g/mol. The highest BCUT2D eigenvalue weighted by atomic mass is 28.4. The Kier molecular flexibility index (Phi) is 18.6.